The lowest BCUT2D eigenvalue weighted by Crippen LogP contribution is -2.23. The topological polar surface area (TPSA) is 20.2 Å². The Bertz CT molecular complexity index is 116. The molecule has 1 rings (SSSR count). The van der Waals surface area contributed by atoms with Crippen LogP contribution in [-0.2, 0) is 0 Å². The van der Waals surface area contributed by atoms with Crippen molar-refractivity contribution >= 4 is 0 Å². The van der Waals surface area contributed by atoms with E-state index in [9.17, 15) is 0 Å². The van der Waals surface area contributed by atoms with Gasteiger partial charge >= 0.3 is 0 Å². The SMILES string of the molecule is CC1(C)CCC[C@@H](CCO)C1. The molecule has 0 aromatic carbocycles. The zero-order chi connectivity index (χ0) is 8.32. The summed E-state index contributed by atoms with van der Waals surface area (Å²) in [6.07, 6.45) is 6.40. The van der Waals surface area contributed by atoms with Crippen LogP contribution in [0.2, 0.25) is 0 Å². The molecule has 0 aromatic heterocycles. The molecule has 0 aromatic rings. The normalized spacial score (nSPS) is 30.3. The fourth-order valence-corrected chi connectivity index (χ4v) is 2.28. The number of hydrogen-bond acceptors (Lipinski definition) is 1. The van der Waals surface area contributed by atoms with Gasteiger partial charge in [-0.05, 0) is 30.6 Å². The van der Waals surface area contributed by atoms with E-state index in [0.29, 0.717) is 12.0 Å². The number of rotatable bonds is 2. The van der Waals surface area contributed by atoms with Crippen molar-refractivity contribution in [3.63, 3.8) is 0 Å². The molecule has 1 atom stereocenters. The number of hydrogen-bond donors (Lipinski definition) is 1. The Balaban J connectivity index is 2.34. The molecule has 1 N–H and O–H groups in total. The first-order valence-corrected chi connectivity index (χ1v) is 4.75. The molecule has 0 saturated heterocycles. The van der Waals surface area contributed by atoms with E-state index in [2.05, 4.69) is 13.8 Å². The van der Waals surface area contributed by atoms with Gasteiger partial charge in [-0.3, -0.25) is 0 Å². The summed E-state index contributed by atoms with van der Waals surface area (Å²) in [4.78, 5) is 0. The van der Waals surface area contributed by atoms with Crippen molar-refractivity contribution in [1.29, 1.82) is 0 Å². The van der Waals surface area contributed by atoms with E-state index in [1.165, 1.54) is 25.7 Å². The predicted molar refractivity (Wildman–Crippen MR) is 47.4 cm³/mol. The smallest absolute Gasteiger partial charge is 0.0433 e. The number of aliphatic hydroxyl groups is 1. The summed E-state index contributed by atoms with van der Waals surface area (Å²) < 4.78 is 0. The maximum Gasteiger partial charge on any atom is 0.0433 e. The van der Waals surface area contributed by atoms with Crippen molar-refractivity contribution in [3.8, 4) is 0 Å². The molecule has 0 amide bonds. The molecule has 1 aliphatic carbocycles. The van der Waals surface area contributed by atoms with Gasteiger partial charge in [0.05, 0.1) is 0 Å². The minimum Gasteiger partial charge on any atom is -0.396 e. The Labute approximate surface area is 69.8 Å². The molecule has 0 heterocycles. The van der Waals surface area contributed by atoms with Gasteiger partial charge < -0.3 is 5.11 Å². The van der Waals surface area contributed by atoms with Crippen LogP contribution >= 0.6 is 0 Å². The van der Waals surface area contributed by atoms with Crippen LogP contribution < -0.4 is 0 Å². The minimum absolute atomic E-state index is 0.376. The van der Waals surface area contributed by atoms with E-state index in [0.717, 1.165) is 12.3 Å². The van der Waals surface area contributed by atoms with E-state index in [-0.39, 0.29) is 0 Å². The third kappa shape index (κ3) is 2.82. The quantitative estimate of drug-likeness (QED) is 0.651. The van der Waals surface area contributed by atoms with Crippen molar-refractivity contribution in [3.05, 3.63) is 0 Å². The molecule has 1 aliphatic rings. The van der Waals surface area contributed by atoms with Crippen LogP contribution in [0.1, 0.15) is 46.0 Å². The van der Waals surface area contributed by atoms with Gasteiger partial charge in [-0.1, -0.05) is 26.7 Å². The average Bonchev–Trinajstić information content (AvgIpc) is 1.85. The van der Waals surface area contributed by atoms with Crippen molar-refractivity contribution in [2.75, 3.05) is 6.61 Å². The van der Waals surface area contributed by atoms with Crippen molar-refractivity contribution in [1.82, 2.24) is 0 Å². The summed E-state index contributed by atoms with van der Waals surface area (Å²) in [5, 5.41) is 8.79. The lowest BCUT2D eigenvalue weighted by atomic mass is 9.71. The van der Waals surface area contributed by atoms with Gasteiger partial charge in [0.1, 0.15) is 0 Å². The summed E-state index contributed by atoms with van der Waals surface area (Å²) >= 11 is 0. The number of aliphatic hydroxyl groups excluding tert-OH is 1. The zero-order valence-corrected chi connectivity index (χ0v) is 7.77. The van der Waals surface area contributed by atoms with Gasteiger partial charge in [0.2, 0.25) is 0 Å². The second kappa shape index (κ2) is 3.57. The second-order valence-electron chi connectivity index (χ2n) is 4.64. The lowest BCUT2D eigenvalue weighted by molar-refractivity contribution is 0.149. The molecule has 66 valence electrons. The van der Waals surface area contributed by atoms with Crippen LogP contribution in [0.4, 0.5) is 0 Å². The highest BCUT2D eigenvalue weighted by Gasteiger charge is 2.27. The van der Waals surface area contributed by atoms with Crippen LogP contribution in [-0.4, -0.2) is 11.7 Å². The van der Waals surface area contributed by atoms with Crippen LogP contribution in [0, 0.1) is 11.3 Å². The standard InChI is InChI=1S/C10H20O/c1-10(2)6-3-4-9(8-10)5-7-11/h9,11H,3-8H2,1-2H3/t9-/m0/s1. The third-order valence-corrected chi connectivity index (χ3v) is 2.84. The average molecular weight is 156 g/mol. The van der Waals surface area contributed by atoms with Crippen molar-refractivity contribution in [2.45, 2.75) is 46.0 Å². The monoisotopic (exact) mass is 156 g/mol. The van der Waals surface area contributed by atoms with Crippen LogP contribution in [0.25, 0.3) is 0 Å². The summed E-state index contributed by atoms with van der Waals surface area (Å²) in [6.45, 7) is 5.06. The maximum absolute atomic E-state index is 8.79. The fourth-order valence-electron chi connectivity index (χ4n) is 2.28. The van der Waals surface area contributed by atoms with E-state index in [1.807, 2.05) is 0 Å². The zero-order valence-electron chi connectivity index (χ0n) is 7.77. The molecule has 0 aliphatic heterocycles. The molecular formula is C10H20O. The largest absolute Gasteiger partial charge is 0.396 e. The van der Waals surface area contributed by atoms with Crippen LogP contribution in [0.5, 0.6) is 0 Å². The van der Waals surface area contributed by atoms with Gasteiger partial charge in [0.25, 0.3) is 0 Å². The third-order valence-electron chi connectivity index (χ3n) is 2.84. The van der Waals surface area contributed by atoms with E-state index >= 15 is 0 Å². The summed E-state index contributed by atoms with van der Waals surface area (Å²) in [6, 6.07) is 0. The molecule has 11 heavy (non-hydrogen) atoms. The van der Waals surface area contributed by atoms with E-state index in [4.69, 9.17) is 5.11 Å². The Morgan fingerprint density at radius 3 is 2.73 bits per heavy atom. The Hall–Kier alpha value is -0.0400. The maximum atomic E-state index is 8.79. The second-order valence-corrected chi connectivity index (χ2v) is 4.64. The first-order chi connectivity index (χ1) is 5.14. The first kappa shape index (κ1) is 9.05. The van der Waals surface area contributed by atoms with Crippen molar-refractivity contribution < 1.29 is 5.11 Å². The lowest BCUT2D eigenvalue weighted by Gasteiger charge is -2.34. The van der Waals surface area contributed by atoms with Crippen molar-refractivity contribution in [2.24, 2.45) is 11.3 Å². The van der Waals surface area contributed by atoms with Crippen LogP contribution in [0.3, 0.4) is 0 Å². The van der Waals surface area contributed by atoms with E-state index < -0.39 is 0 Å². The molecule has 1 saturated carbocycles. The minimum atomic E-state index is 0.376. The first-order valence-electron chi connectivity index (χ1n) is 4.75. The molecule has 1 heteroatoms. The molecular weight excluding hydrogens is 136 g/mol. The highest BCUT2D eigenvalue weighted by Crippen LogP contribution is 2.39. The molecule has 0 spiro atoms. The molecule has 0 bridgehead atoms. The van der Waals surface area contributed by atoms with Gasteiger partial charge in [-0.25, -0.2) is 0 Å². The summed E-state index contributed by atoms with van der Waals surface area (Å²) in [5.41, 5.74) is 0.540. The summed E-state index contributed by atoms with van der Waals surface area (Å²) in [5.74, 6) is 0.795. The highest BCUT2D eigenvalue weighted by molar-refractivity contribution is 4.78. The highest BCUT2D eigenvalue weighted by atomic mass is 16.3. The Morgan fingerprint density at radius 1 is 1.45 bits per heavy atom. The Kier molecular flexibility index (Phi) is 2.94. The van der Waals surface area contributed by atoms with Gasteiger partial charge in [0.15, 0.2) is 0 Å². The van der Waals surface area contributed by atoms with Crippen LogP contribution in [0.15, 0.2) is 0 Å². The fraction of sp³-hybridized carbons (Fsp3) is 1.00. The molecule has 0 unspecified atom stereocenters. The van der Waals surface area contributed by atoms with Gasteiger partial charge in [0, 0.05) is 6.61 Å². The van der Waals surface area contributed by atoms with E-state index in [1.54, 1.807) is 0 Å². The molecule has 1 nitrogen and oxygen atoms in total. The Morgan fingerprint density at radius 2 is 2.18 bits per heavy atom. The molecule has 0 radical (unpaired) electrons. The predicted octanol–water partition coefficient (Wildman–Crippen LogP) is 2.59. The van der Waals surface area contributed by atoms with Gasteiger partial charge in [-0.2, -0.15) is 0 Å². The molecule has 1 fully saturated rings. The summed E-state index contributed by atoms with van der Waals surface area (Å²) in [7, 11) is 0. The van der Waals surface area contributed by atoms with Gasteiger partial charge in [-0.15, -0.1) is 0 Å².